The van der Waals surface area contributed by atoms with E-state index in [2.05, 4.69) is 20.8 Å². The fraction of sp³-hybridized carbons (Fsp3) is 0.909. The third-order valence-corrected chi connectivity index (χ3v) is 9.06. The third kappa shape index (κ3) is 2.51. The van der Waals surface area contributed by atoms with Gasteiger partial charge < -0.3 is 4.74 Å². The van der Waals surface area contributed by atoms with E-state index in [0.717, 1.165) is 37.5 Å². The fourth-order valence-corrected chi connectivity index (χ4v) is 7.77. The van der Waals surface area contributed by atoms with Crippen LogP contribution in [0.3, 0.4) is 0 Å². The van der Waals surface area contributed by atoms with Gasteiger partial charge in [0.1, 0.15) is 11.9 Å². The van der Waals surface area contributed by atoms with E-state index >= 15 is 0 Å². The molecule has 0 heterocycles. The van der Waals surface area contributed by atoms with Crippen LogP contribution >= 0.6 is 0 Å². The molecule has 0 aromatic carbocycles. The number of fused-ring (bicyclic) bond motifs is 5. The van der Waals surface area contributed by atoms with Crippen LogP contribution in [0.15, 0.2) is 0 Å². The Balaban J connectivity index is 1.63. The molecule has 4 saturated carbocycles. The number of Topliss-reactive ketones (excluding diaryl/α,β-unsaturated/α-hetero) is 1. The third-order valence-electron chi connectivity index (χ3n) is 9.06. The number of esters is 1. The average Bonchev–Trinajstić information content (AvgIpc) is 2.85. The molecule has 25 heavy (non-hydrogen) atoms. The van der Waals surface area contributed by atoms with Gasteiger partial charge in [0.25, 0.3) is 0 Å². The molecule has 0 aromatic rings. The molecule has 3 nitrogen and oxygen atoms in total. The van der Waals surface area contributed by atoms with Crippen molar-refractivity contribution in [2.75, 3.05) is 0 Å². The number of carbonyl (C=O) groups is 2. The second kappa shape index (κ2) is 5.82. The smallest absolute Gasteiger partial charge is 0.302 e. The molecular formula is C22H34O3. The van der Waals surface area contributed by atoms with Crippen molar-refractivity contribution in [1.29, 1.82) is 0 Å². The molecule has 0 bridgehead atoms. The largest absolute Gasteiger partial charge is 0.462 e. The van der Waals surface area contributed by atoms with Gasteiger partial charge in [-0.15, -0.1) is 0 Å². The Bertz CT molecular complexity index is 584. The molecule has 0 aliphatic heterocycles. The molecule has 140 valence electrons. The Morgan fingerprint density at radius 1 is 1.08 bits per heavy atom. The predicted octanol–water partition coefficient (Wildman–Crippen LogP) is 4.78. The summed E-state index contributed by atoms with van der Waals surface area (Å²) in [6.45, 7) is 8.87. The lowest BCUT2D eigenvalue weighted by molar-refractivity contribution is -0.167. The van der Waals surface area contributed by atoms with Crippen LogP contribution in [0.1, 0.15) is 79.1 Å². The first-order chi connectivity index (χ1) is 11.8. The number of hydrogen-bond acceptors (Lipinski definition) is 3. The second-order valence-electron chi connectivity index (χ2n) is 10.2. The molecule has 4 fully saturated rings. The number of carbonyl (C=O) groups excluding carboxylic acids is 2. The van der Waals surface area contributed by atoms with Gasteiger partial charge in [0.05, 0.1) is 0 Å². The Morgan fingerprint density at radius 2 is 1.80 bits per heavy atom. The van der Waals surface area contributed by atoms with Crippen molar-refractivity contribution in [3.63, 3.8) is 0 Å². The first kappa shape index (κ1) is 17.5. The van der Waals surface area contributed by atoms with Gasteiger partial charge >= 0.3 is 5.97 Å². The van der Waals surface area contributed by atoms with Crippen molar-refractivity contribution in [2.45, 2.75) is 85.2 Å². The summed E-state index contributed by atoms with van der Waals surface area (Å²) in [5.41, 5.74) is 0.515. The summed E-state index contributed by atoms with van der Waals surface area (Å²) in [6, 6.07) is 0. The minimum absolute atomic E-state index is 0.113. The minimum atomic E-state index is -0.122. The molecule has 0 aromatic heterocycles. The van der Waals surface area contributed by atoms with Gasteiger partial charge in [-0.2, -0.15) is 0 Å². The number of rotatable bonds is 1. The Hall–Kier alpha value is -0.860. The van der Waals surface area contributed by atoms with E-state index in [4.69, 9.17) is 4.74 Å². The lowest BCUT2D eigenvalue weighted by Gasteiger charge is -2.62. The second-order valence-corrected chi connectivity index (χ2v) is 10.2. The van der Waals surface area contributed by atoms with Gasteiger partial charge in [0.15, 0.2) is 0 Å². The Labute approximate surface area is 152 Å². The van der Waals surface area contributed by atoms with Crippen LogP contribution in [0.2, 0.25) is 0 Å². The molecular weight excluding hydrogens is 312 g/mol. The summed E-state index contributed by atoms with van der Waals surface area (Å²) in [6.07, 6.45) is 8.72. The minimum Gasteiger partial charge on any atom is -0.462 e. The lowest BCUT2D eigenvalue weighted by atomic mass is 9.43. The van der Waals surface area contributed by atoms with E-state index in [1.165, 1.54) is 25.7 Å². The van der Waals surface area contributed by atoms with Crippen molar-refractivity contribution < 1.29 is 14.3 Å². The highest BCUT2D eigenvalue weighted by Crippen LogP contribution is 2.67. The van der Waals surface area contributed by atoms with Crippen LogP contribution in [0.5, 0.6) is 0 Å². The highest BCUT2D eigenvalue weighted by Gasteiger charge is 2.62. The van der Waals surface area contributed by atoms with E-state index in [1.807, 2.05) is 0 Å². The zero-order chi connectivity index (χ0) is 18.0. The SMILES string of the molecule is CC(=O)O[C@@H]1CC[C@@H]2[C@H]3[C@H](C)C[C@@H]4CC(=O)CC[C@]4(C)[C@H]3CC[C@@]21C. The molecule has 4 rings (SSSR count). The predicted molar refractivity (Wildman–Crippen MR) is 96.8 cm³/mol. The average molecular weight is 347 g/mol. The van der Waals surface area contributed by atoms with Crippen LogP contribution in [-0.4, -0.2) is 17.9 Å². The van der Waals surface area contributed by atoms with Gasteiger partial charge in [-0.3, -0.25) is 9.59 Å². The standard InChI is InChI=1S/C22H34O3/c1-13-11-15-12-16(24)7-9-21(15,3)18-8-10-22(4)17(20(13)18)5-6-19(22)25-14(2)23/h13,15,17-20H,5-12H2,1-4H3/t13-,15-,17-,18+,19-,20-,21+,22+/m1/s1. The monoisotopic (exact) mass is 346 g/mol. The normalized spacial score (nSPS) is 52.1. The Kier molecular flexibility index (Phi) is 4.09. The van der Waals surface area contributed by atoms with Gasteiger partial charge in [-0.1, -0.05) is 20.8 Å². The van der Waals surface area contributed by atoms with Crippen molar-refractivity contribution >= 4 is 11.8 Å². The van der Waals surface area contributed by atoms with E-state index < -0.39 is 0 Å². The van der Waals surface area contributed by atoms with E-state index in [0.29, 0.717) is 29.0 Å². The van der Waals surface area contributed by atoms with E-state index in [-0.39, 0.29) is 17.5 Å². The summed E-state index contributed by atoms with van der Waals surface area (Å²) >= 11 is 0. The molecule has 0 unspecified atom stereocenters. The van der Waals surface area contributed by atoms with Gasteiger partial charge in [0.2, 0.25) is 0 Å². The topological polar surface area (TPSA) is 43.4 Å². The van der Waals surface area contributed by atoms with Crippen LogP contribution in [0.25, 0.3) is 0 Å². The maximum atomic E-state index is 12.1. The summed E-state index contributed by atoms with van der Waals surface area (Å²) in [7, 11) is 0. The molecule has 4 aliphatic rings. The number of hydrogen-bond donors (Lipinski definition) is 0. The van der Waals surface area contributed by atoms with Gasteiger partial charge in [-0.25, -0.2) is 0 Å². The van der Waals surface area contributed by atoms with Crippen LogP contribution in [0.4, 0.5) is 0 Å². The number of ketones is 1. The molecule has 0 amide bonds. The maximum absolute atomic E-state index is 12.1. The molecule has 3 heteroatoms. The van der Waals surface area contributed by atoms with E-state index in [9.17, 15) is 9.59 Å². The first-order valence-electron chi connectivity index (χ1n) is 10.4. The number of ether oxygens (including phenoxy) is 1. The first-order valence-corrected chi connectivity index (χ1v) is 10.4. The Morgan fingerprint density at radius 3 is 2.52 bits per heavy atom. The zero-order valence-corrected chi connectivity index (χ0v) is 16.3. The van der Waals surface area contributed by atoms with E-state index in [1.54, 1.807) is 6.92 Å². The molecule has 0 spiro atoms. The van der Waals surface area contributed by atoms with Gasteiger partial charge in [0, 0.05) is 25.2 Å². The van der Waals surface area contributed by atoms with Gasteiger partial charge in [-0.05, 0) is 73.5 Å². The van der Waals surface area contributed by atoms with Crippen molar-refractivity contribution in [3.8, 4) is 0 Å². The van der Waals surface area contributed by atoms with Crippen LogP contribution in [0, 0.1) is 40.4 Å². The van der Waals surface area contributed by atoms with Crippen LogP contribution < -0.4 is 0 Å². The summed E-state index contributed by atoms with van der Waals surface area (Å²) in [5.74, 6) is 3.83. The molecule has 8 atom stereocenters. The fourth-order valence-electron chi connectivity index (χ4n) is 7.77. The van der Waals surface area contributed by atoms with Crippen molar-refractivity contribution in [2.24, 2.45) is 40.4 Å². The summed E-state index contributed by atoms with van der Waals surface area (Å²) in [4.78, 5) is 23.6. The zero-order valence-electron chi connectivity index (χ0n) is 16.3. The summed E-state index contributed by atoms with van der Waals surface area (Å²) in [5, 5.41) is 0. The van der Waals surface area contributed by atoms with Crippen molar-refractivity contribution in [3.05, 3.63) is 0 Å². The maximum Gasteiger partial charge on any atom is 0.302 e. The highest BCUT2D eigenvalue weighted by atomic mass is 16.5. The quantitative estimate of drug-likeness (QED) is 0.642. The highest BCUT2D eigenvalue weighted by molar-refractivity contribution is 5.79. The summed E-state index contributed by atoms with van der Waals surface area (Å²) < 4.78 is 5.76. The molecule has 0 radical (unpaired) electrons. The lowest BCUT2D eigenvalue weighted by Crippen LogP contribution is -2.56. The van der Waals surface area contributed by atoms with Crippen LogP contribution in [-0.2, 0) is 14.3 Å². The molecule has 0 saturated heterocycles. The molecule has 4 aliphatic carbocycles. The van der Waals surface area contributed by atoms with Crippen molar-refractivity contribution in [1.82, 2.24) is 0 Å². The molecule has 0 N–H and O–H groups in total.